The minimum atomic E-state index is -0.310. The molecular weight excluding hydrogens is 359 g/mol. The number of halogens is 2. The summed E-state index contributed by atoms with van der Waals surface area (Å²) in [6.45, 7) is 5.95. The summed E-state index contributed by atoms with van der Waals surface area (Å²) in [4.78, 5) is 23.5. The first kappa shape index (κ1) is 18.0. The smallest absolute Gasteiger partial charge is 0.274 e. The number of aromatic nitrogens is 2. The maximum absolute atomic E-state index is 12.6. The molecule has 1 saturated heterocycles. The fourth-order valence-electron chi connectivity index (χ4n) is 2.89. The van der Waals surface area contributed by atoms with E-state index in [4.69, 9.17) is 23.2 Å². The number of benzene rings is 1. The number of carbonyl (C=O) groups excluding carboxylic acids is 1. The fraction of sp³-hybridized carbons (Fsp3) is 0.389. The van der Waals surface area contributed by atoms with Crippen LogP contribution in [0.3, 0.4) is 0 Å². The third-order valence-electron chi connectivity index (χ3n) is 4.29. The Morgan fingerprint density at radius 1 is 1.12 bits per heavy atom. The number of nitrogens with one attached hydrogen (secondary N) is 1. The number of amides is 1. The lowest BCUT2D eigenvalue weighted by Crippen LogP contribution is -2.34. The van der Waals surface area contributed by atoms with E-state index in [1.54, 1.807) is 31.2 Å². The number of carbonyl (C=O) groups is 1. The first-order valence-corrected chi connectivity index (χ1v) is 9.04. The number of rotatable bonds is 3. The van der Waals surface area contributed by atoms with Crippen LogP contribution in [0.5, 0.6) is 0 Å². The molecule has 0 bridgehead atoms. The highest BCUT2D eigenvalue weighted by Crippen LogP contribution is 2.24. The van der Waals surface area contributed by atoms with E-state index in [9.17, 15) is 4.79 Å². The predicted octanol–water partition coefficient (Wildman–Crippen LogP) is 4.58. The van der Waals surface area contributed by atoms with Gasteiger partial charge in [-0.05, 0) is 43.9 Å². The number of piperidine rings is 1. The quantitative estimate of drug-likeness (QED) is 0.848. The number of hydrogen-bond acceptors (Lipinski definition) is 4. The van der Waals surface area contributed by atoms with E-state index in [0.29, 0.717) is 27.3 Å². The van der Waals surface area contributed by atoms with Crippen LogP contribution in [-0.2, 0) is 0 Å². The minimum absolute atomic E-state index is 0.310. The van der Waals surface area contributed by atoms with Gasteiger partial charge in [-0.1, -0.05) is 30.1 Å². The molecule has 2 heterocycles. The minimum Gasteiger partial charge on any atom is -0.356 e. The highest BCUT2D eigenvalue weighted by atomic mass is 35.5. The second-order valence-electron chi connectivity index (χ2n) is 6.44. The maximum atomic E-state index is 12.6. The van der Waals surface area contributed by atoms with Gasteiger partial charge < -0.3 is 10.2 Å². The van der Waals surface area contributed by atoms with Crippen molar-refractivity contribution in [1.29, 1.82) is 0 Å². The van der Waals surface area contributed by atoms with Gasteiger partial charge in [0.05, 0.1) is 0 Å². The Morgan fingerprint density at radius 3 is 2.40 bits per heavy atom. The van der Waals surface area contributed by atoms with Crippen molar-refractivity contribution in [2.24, 2.45) is 5.92 Å². The second-order valence-corrected chi connectivity index (χ2v) is 7.31. The Morgan fingerprint density at radius 2 is 1.76 bits per heavy atom. The van der Waals surface area contributed by atoms with Crippen LogP contribution >= 0.6 is 23.2 Å². The Kier molecular flexibility index (Phi) is 5.45. The lowest BCUT2D eigenvalue weighted by Gasteiger charge is -2.31. The van der Waals surface area contributed by atoms with Gasteiger partial charge in [0, 0.05) is 34.9 Å². The number of nitrogens with zero attached hydrogens (tertiary/aromatic N) is 3. The van der Waals surface area contributed by atoms with Gasteiger partial charge in [-0.15, -0.1) is 0 Å². The van der Waals surface area contributed by atoms with Crippen molar-refractivity contribution >= 4 is 40.6 Å². The standard InChI is InChI=1S/C18H20Cl2N4O/c1-11-3-5-24(6-4-11)17-10-16(21-12(2)22-17)18(25)23-15-8-13(19)7-14(20)9-15/h7-11H,3-6H2,1-2H3,(H,23,25). The summed E-state index contributed by atoms with van der Waals surface area (Å²) >= 11 is 12.0. The molecule has 5 nitrogen and oxygen atoms in total. The molecule has 3 rings (SSSR count). The molecule has 0 unspecified atom stereocenters. The molecule has 0 aliphatic carbocycles. The van der Waals surface area contributed by atoms with Gasteiger partial charge in [0.15, 0.2) is 0 Å². The largest absolute Gasteiger partial charge is 0.356 e. The first-order chi connectivity index (χ1) is 11.9. The zero-order valence-electron chi connectivity index (χ0n) is 14.2. The second kappa shape index (κ2) is 7.58. The zero-order chi connectivity index (χ0) is 18.0. The molecule has 1 fully saturated rings. The summed E-state index contributed by atoms with van der Waals surface area (Å²) in [6, 6.07) is 6.65. The Labute approximate surface area is 157 Å². The van der Waals surface area contributed by atoms with Crippen molar-refractivity contribution < 1.29 is 4.79 Å². The number of aryl methyl sites for hydroxylation is 1. The van der Waals surface area contributed by atoms with Gasteiger partial charge in [-0.25, -0.2) is 9.97 Å². The van der Waals surface area contributed by atoms with Gasteiger partial charge in [0.2, 0.25) is 0 Å². The lowest BCUT2D eigenvalue weighted by molar-refractivity contribution is 0.102. The summed E-state index contributed by atoms with van der Waals surface area (Å²) in [6.07, 6.45) is 2.26. The van der Waals surface area contributed by atoms with E-state index in [-0.39, 0.29) is 5.91 Å². The van der Waals surface area contributed by atoms with E-state index in [1.165, 1.54) is 0 Å². The number of anilines is 2. The molecule has 1 aromatic heterocycles. The maximum Gasteiger partial charge on any atom is 0.274 e. The SMILES string of the molecule is Cc1nc(C(=O)Nc2cc(Cl)cc(Cl)c2)cc(N2CCC(C)CC2)n1. The summed E-state index contributed by atoms with van der Waals surface area (Å²) in [5, 5.41) is 3.71. The summed E-state index contributed by atoms with van der Waals surface area (Å²) in [5.41, 5.74) is 0.865. The highest BCUT2D eigenvalue weighted by molar-refractivity contribution is 6.35. The molecule has 1 aliphatic heterocycles. The Bertz CT molecular complexity index is 768. The third-order valence-corrected chi connectivity index (χ3v) is 4.72. The van der Waals surface area contributed by atoms with E-state index in [2.05, 4.69) is 27.1 Å². The molecule has 25 heavy (non-hydrogen) atoms. The molecule has 7 heteroatoms. The molecular formula is C18H20Cl2N4O. The molecule has 0 radical (unpaired) electrons. The molecule has 1 aliphatic rings. The lowest BCUT2D eigenvalue weighted by atomic mass is 9.99. The van der Waals surface area contributed by atoms with Crippen molar-refractivity contribution in [3.05, 3.63) is 45.8 Å². The normalized spacial score (nSPS) is 15.3. The average molecular weight is 379 g/mol. The Hall–Kier alpha value is -1.85. The van der Waals surface area contributed by atoms with Crippen LogP contribution in [0.1, 0.15) is 36.1 Å². The Balaban J connectivity index is 1.80. The summed E-state index contributed by atoms with van der Waals surface area (Å²) in [5.74, 6) is 1.80. The molecule has 1 amide bonds. The monoisotopic (exact) mass is 378 g/mol. The van der Waals surface area contributed by atoms with Crippen molar-refractivity contribution in [2.45, 2.75) is 26.7 Å². The van der Waals surface area contributed by atoms with Gasteiger partial charge in [-0.3, -0.25) is 4.79 Å². The molecule has 1 aromatic carbocycles. The first-order valence-electron chi connectivity index (χ1n) is 8.29. The molecule has 0 spiro atoms. The van der Waals surface area contributed by atoms with E-state index in [1.807, 2.05) is 0 Å². The topological polar surface area (TPSA) is 58.1 Å². The molecule has 1 N–H and O–H groups in total. The molecule has 2 aromatic rings. The van der Waals surface area contributed by atoms with Crippen molar-refractivity contribution in [3.8, 4) is 0 Å². The van der Waals surface area contributed by atoms with Crippen LogP contribution < -0.4 is 10.2 Å². The van der Waals surface area contributed by atoms with E-state index in [0.717, 1.165) is 37.7 Å². The van der Waals surface area contributed by atoms with Crippen LogP contribution in [0.15, 0.2) is 24.3 Å². The van der Waals surface area contributed by atoms with Crippen molar-refractivity contribution in [1.82, 2.24) is 9.97 Å². The van der Waals surface area contributed by atoms with Gasteiger partial charge in [0.25, 0.3) is 5.91 Å². The van der Waals surface area contributed by atoms with Crippen molar-refractivity contribution in [3.63, 3.8) is 0 Å². The van der Waals surface area contributed by atoms with Crippen LogP contribution in [0, 0.1) is 12.8 Å². The van der Waals surface area contributed by atoms with Crippen LogP contribution in [0.2, 0.25) is 10.0 Å². The van der Waals surface area contributed by atoms with Crippen LogP contribution in [-0.4, -0.2) is 29.0 Å². The predicted molar refractivity (Wildman–Crippen MR) is 102 cm³/mol. The van der Waals surface area contributed by atoms with E-state index >= 15 is 0 Å². The third kappa shape index (κ3) is 4.61. The van der Waals surface area contributed by atoms with Gasteiger partial charge in [0.1, 0.15) is 17.3 Å². The van der Waals surface area contributed by atoms with E-state index < -0.39 is 0 Å². The van der Waals surface area contributed by atoms with Gasteiger partial charge in [-0.2, -0.15) is 0 Å². The highest BCUT2D eigenvalue weighted by Gasteiger charge is 2.19. The fourth-order valence-corrected chi connectivity index (χ4v) is 3.42. The zero-order valence-corrected chi connectivity index (χ0v) is 15.7. The summed E-state index contributed by atoms with van der Waals surface area (Å²) in [7, 11) is 0. The van der Waals surface area contributed by atoms with Crippen LogP contribution in [0.4, 0.5) is 11.5 Å². The molecule has 132 valence electrons. The molecule has 0 atom stereocenters. The summed E-state index contributed by atoms with van der Waals surface area (Å²) < 4.78 is 0. The molecule has 0 saturated carbocycles. The van der Waals surface area contributed by atoms with Crippen molar-refractivity contribution in [2.75, 3.05) is 23.3 Å². The van der Waals surface area contributed by atoms with Gasteiger partial charge >= 0.3 is 0 Å². The van der Waals surface area contributed by atoms with Crippen LogP contribution in [0.25, 0.3) is 0 Å². The average Bonchev–Trinajstić information content (AvgIpc) is 2.54. The number of hydrogen-bond donors (Lipinski definition) is 1.